The maximum Gasteiger partial charge on any atom is 0.277 e. The molecular weight excluding hydrogens is 398 g/mol. The second kappa shape index (κ2) is 9.17. The summed E-state index contributed by atoms with van der Waals surface area (Å²) in [4.78, 5) is 17.0. The number of hydrogen-bond donors (Lipinski definition) is 3. The van der Waals surface area contributed by atoms with Crippen molar-refractivity contribution in [2.75, 3.05) is 11.9 Å². The predicted molar refractivity (Wildman–Crippen MR) is 115 cm³/mol. The van der Waals surface area contributed by atoms with Crippen molar-refractivity contribution >= 4 is 17.3 Å². The topological polar surface area (TPSA) is 137 Å². The van der Waals surface area contributed by atoms with Crippen LogP contribution in [-0.4, -0.2) is 43.6 Å². The number of rotatable bonds is 7. The normalized spacial score (nSPS) is 19.5. The number of nitrogens with two attached hydrogens (primary N) is 1. The maximum atomic E-state index is 12.8. The van der Waals surface area contributed by atoms with Crippen molar-refractivity contribution in [2.45, 2.75) is 51.7 Å². The number of anilines is 1. The number of hydrogen-bond acceptors (Lipinski definition) is 7. The number of ether oxygens (including phenoxy) is 1. The van der Waals surface area contributed by atoms with Gasteiger partial charge in [0.2, 0.25) is 5.89 Å². The first kappa shape index (κ1) is 20.9. The fourth-order valence-corrected chi connectivity index (χ4v) is 3.80. The molecule has 1 aliphatic carbocycles. The molecule has 10 nitrogen and oxygen atoms in total. The number of H-pyrrole nitrogens is 1. The number of aromatic nitrogens is 5. The number of nitrogens with one attached hydrogen (secondary N) is 2. The molecule has 0 atom stereocenters. The lowest BCUT2D eigenvalue weighted by Crippen LogP contribution is -2.24. The zero-order chi connectivity index (χ0) is 21.8. The standard InChI is InChI=1S/C21H27N7O3/c1-3-16(22)19-17(11-28(27-19)14-5-7-15(8-6-14)30-4-2)25-20(29)18-12-31-21(26-18)13-9-23-24-10-13/h3,9-12,14-15H,4-8,22H2,1-2H3,(H,23,24)(H,25,29)/b16-3-. The van der Waals surface area contributed by atoms with Crippen LogP contribution >= 0.6 is 0 Å². The third-order valence-corrected chi connectivity index (χ3v) is 5.47. The Morgan fingerprint density at radius 2 is 2.23 bits per heavy atom. The molecule has 0 aliphatic heterocycles. The van der Waals surface area contributed by atoms with E-state index in [1.54, 1.807) is 18.5 Å². The minimum atomic E-state index is -0.400. The van der Waals surface area contributed by atoms with Crippen molar-refractivity contribution in [1.29, 1.82) is 0 Å². The number of allylic oxidation sites excluding steroid dienone is 1. The minimum Gasteiger partial charge on any atom is -0.444 e. The quantitative estimate of drug-likeness (QED) is 0.528. The maximum absolute atomic E-state index is 12.8. The van der Waals surface area contributed by atoms with Gasteiger partial charge in [-0.25, -0.2) is 4.98 Å². The second-order valence-electron chi connectivity index (χ2n) is 7.48. The summed E-state index contributed by atoms with van der Waals surface area (Å²) in [7, 11) is 0. The Bertz CT molecular complexity index is 1040. The molecule has 0 radical (unpaired) electrons. The molecule has 1 aliphatic rings. The van der Waals surface area contributed by atoms with Gasteiger partial charge in [0, 0.05) is 19.0 Å². The SMILES string of the molecule is C/C=C(\N)c1nn(C2CCC(OCC)CC2)cc1NC(=O)c1coc(-c2cn[nH]c2)n1. The molecule has 1 saturated carbocycles. The van der Waals surface area contributed by atoms with E-state index in [-0.39, 0.29) is 11.7 Å². The Hall–Kier alpha value is -3.40. The van der Waals surface area contributed by atoms with Gasteiger partial charge in [0.15, 0.2) is 5.69 Å². The summed E-state index contributed by atoms with van der Waals surface area (Å²) < 4.78 is 13.0. The molecule has 4 rings (SSSR count). The molecule has 164 valence electrons. The second-order valence-corrected chi connectivity index (χ2v) is 7.48. The van der Waals surface area contributed by atoms with Gasteiger partial charge in [-0.3, -0.25) is 14.6 Å². The molecule has 1 amide bonds. The first-order valence-corrected chi connectivity index (χ1v) is 10.5. The molecule has 10 heteroatoms. The third-order valence-electron chi connectivity index (χ3n) is 5.47. The zero-order valence-electron chi connectivity index (χ0n) is 17.7. The van der Waals surface area contributed by atoms with Crippen LogP contribution in [0.1, 0.15) is 61.8 Å². The summed E-state index contributed by atoms with van der Waals surface area (Å²) in [6.07, 6.45) is 12.4. The van der Waals surface area contributed by atoms with Crippen LogP contribution in [0.15, 0.2) is 35.3 Å². The van der Waals surface area contributed by atoms with E-state index < -0.39 is 5.91 Å². The summed E-state index contributed by atoms with van der Waals surface area (Å²) in [5, 5.41) is 14.1. The molecule has 3 aromatic rings. The average Bonchev–Trinajstić information content (AvgIpc) is 3.54. The van der Waals surface area contributed by atoms with E-state index in [1.807, 2.05) is 24.7 Å². The van der Waals surface area contributed by atoms with Crippen LogP contribution in [0.3, 0.4) is 0 Å². The fourth-order valence-electron chi connectivity index (χ4n) is 3.80. The number of carbonyl (C=O) groups is 1. The van der Waals surface area contributed by atoms with E-state index in [0.29, 0.717) is 34.6 Å². The van der Waals surface area contributed by atoms with Crippen molar-refractivity contribution in [1.82, 2.24) is 25.0 Å². The first-order valence-electron chi connectivity index (χ1n) is 10.5. The van der Waals surface area contributed by atoms with Crippen LogP contribution in [0.5, 0.6) is 0 Å². The lowest BCUT2D eigenvalue weighted by atomic mass is 9.93. The number of nitrogens with zero attached hydrogens (tertiary/aromatic N) is 4. The summed E-state index contributed by atoms with van der Waals surface area (Å²) in [6, 6.07) is 0.241. The van der Waals surface area contributed by atoms with Crippen LogP contribution in [0, 0.1) is 0 Å². The van der Waals surface area contributed by atoms with Gasteiger partial charge in [0.25, 0.3) is 5.91 Å². The Morgan fingerprint density at radius 3 is 2.90 bits per heavy atom. The van der Waals surface area contributed by atoms with Gasteiger partial charge in [-0.2, -0.15) is 10.2 Å². The van der Waals surface area contributed by atoms with Gasteiger partial charge < -0.3 is 20.2 Å². The lowest BCUT2D eigenvalue weighted by Gasteiger charge is -2.28. The van der Waals surface area contributed by atoms with E-state index in [2.05, 4.69) is 25.6 Å². The molecule has 1 fully saturated rings. The average molecular weight is 425 g/mol. The summed E-state index contributed by atoms with van der Waals surface area (Å²) in [6.45, 7) is 4.59. The van der Waals surface area contributed by atoms with Gasteiger partial charge >= 0.3 is 0 Å². The highest BCUT2D eigenvalue weighted by atomic mass is 16.5. The van der Waals surface area contributed by atoms with Crippen molar-refractivity contribution in [2.24, 2.45) is 5.73 Å². The highest BCUT2D eigenvalue weighted by Gasteiger charge is 2.25. The monoisotopic (exact) mass is 425 g/mol. The van der Waals surface area contributed by atoms with Crippen molar-refractivity contribution in [3.05, 3.63) is 42.3 Å². The van der Waals surface area contributed by atoms with Crippen LogP contribution in [0.25, 0.3) is 17.2 Å². The number of carbonyl (C=O) groups excluding carboxylic acids is 1. The number of amides is 1. The first-order chi connectivity index (χ1) is 15.1. The van der Waals surface area contributed by atoms with E-state index in [9.17, 15) is 4.79 Å². The van der Waals surface area contributed by atoms with E-state index in [1.165, 1.54) is 6.26 Å². The van der Waals surface area contributed by atoms with Crippen LogP contribution in [-0.2, 0) is 4.74 Å². The van der Waals surface area contributed by atoms with E-state index in [0.717, 1.165) is 32.3 Å². The lowest BCUT2D eigenvalue weighted by molar-refractivity contribution is 0.0259. The molecule has 0 aromatic carbocycles. The fraction of sp³-hybridized carbons (Fsp3) is 0.429. The zero-order valence-corrected chi connectivity index (χ0v) is 17.7. The van der Waals surface area contributed by atoms with Gasteiger partial charge in [0.05, 0.1) is 35.3 Å². The number of oxazole rings is 1. The molecule has 0 spiro atoms. The highest BCUT2D eigenvalue weighted by Crippen LogP contribution is 2.32. The molecule has 3 heterocycles. The predicted octanol–water partition coefficient (Wildman–Crippen LogP) is 3.35. The van der Waals surface area contributed by atoms with E-state index >= 15 is 0 Å². The summed E-state index contributed by atoms with van der Waals surface area (Å²) in [5.41, 5.74) is 8.55. The van der Waals surface area contributed by atoms with Gasteiger partial charge in [0.1, 0.15) is 12.0 Å². The highest BCUT2D eigenvalue weighted by molar-refractivity contribution is 6.04. The van der Waals surface area contributed by atoms with E-state index in [4.69, 9.17) is 14.9 Å². The minimum absolute atomic E-state index is 0.158. The molecule has 0 unspecified atom stereocenters. The molecule has 4 N–H and O–H groups in total. The van der Waals surface area contributed by atoms with Crippen molar-refractivity contribution in [3.63, 3.8) is 0 Å². The van der Waals surface area contributed by atoms with Crippen LogP contribution < -0.4 is 11.1 Å². The van der Waals surface area contributed by atoms with Crippen LogP contribution in [0.2, 0.25) is 0 Å². The Labute approximate surface area is 179 Å². The summed E-state index contributed by atoms with van der Waals surface area (Å²) >= 11 is 0. The molecule has 31 heavy (non-hydrogen) atoms. The summed E-state index contributed by atoms with van der Waals surface area (Å²) in [5.74, 6) is -0.0860. The van der Waals surface area contributed by atoms with Gasteiger partial charge in [-0.15, -0.1) is 0 Å². The van der Waals surface area contributed by atoms with Gasteiger partial charge in [-0.1, -0.05) is 6.08 Å². The Kier molecular flexibility index (Phi) is 6.17. The Morgan fingerprint density at radius 1 is 1.42 bits per heavy atom. The largest absolute Gasteiger partial charge is 0.444 e. The molecule has 0 saturated heterocycles. The molecule has 0 bridgehead atoms. The van der Waals surface area contributed by atoms with Crippen molar-refractivity contribution < 1.29 is 13.9 Å². The Balaban J connectivity index is 1.51. The number of aromatic amines is 1. The van der Waals surface area contributed by atoms with Gasteiger partial charge in [-0.05, 0) is 39.5 Å². The van der Waals surface area contributed by atoms with Crippen molar-refractivity contribution in [3.8, 4) is 11.5 Å². The molecular formula is C21H27N7O3. The van der Waals surface area contributed by atoms with Crippen LogP contribution in [0.4, 0.5) is 5.69 Å². The smallest absolute Gasteiger partial charge is 0.277 e. The third kappa shape index (κ3) is 4.53. The molecule has 3 aromatic heterocycles.